The number of ether oxygens (including phenoxy) is 1. The van der Waals surface area contributed by atoms with Crippen molar-refractivity contribution in [3.8, 4) is 5.75 Å². The molecule has 4 rings (SSSR count). The highest BCUT2D eigenvalue weighted by atomic mass is 32.1. The normalized spacial score (nSPS) is 18.1. The summed E-state index contributed by atoms with van der Waals surface area (Å²) in [6.45, 7) is 3.34. The third-order valence-electron chi connectivity index (χ3n) is 5.23. The first-order chi connectivity index (χ1) is 12.3. The topological polar surface area (TPSA) is 45.7 Å². The number of amides is 1. The zero-order valence-corrected chi connectivity index (χ0v) is 15.3. The Labute approximate surface area is 152 Å². The number of thiophene rings is 1. The van der Waals surface area contributed by atoms with E-state index in [1.807, 2.05) is 23.5 Å². The van der Waals surface area contributed by atoms with Crippen LogP contribution < -0.4 is 9.64 Å². The van der Waals surface area contributed by atoms with Crippen LogP contribution >= 0.6 is 11.3 Å². The number of hydrogen-bond donors (Lipinski definition) is 0. The number of methoxy groups -OCH3 is 1. The van der Waals surface area contributed by atoms with Gasteiger partial charge < -0.3 is 14.5 Å². The van der Waals surface area contributed by atoms with E-state index in [9.17, 15) is 4.79 Å². The van der Waals surface area contributed by atoms with Crippen LogP contribution in [0.1, 0.15) is 23.3 Å². The minimum Gasteiger partial charge on any atom is -0.493 e. The van der Waals surface area contributed by atoms with Crippen LogP contribution in [0.4, 0.5) is 5.82 Å². The van der Waals surface area contributed by atoms with Crippen molar-refractivity contribution in [1.29, 1.82) is 0 Å². The van der Waals surface area contributed by atoms with Crippen LogP contribution in [0.15, 0.2) is 29.8 Å². The number of anilines is 1. The Balaban J connectivity index is 1.38. The van der Waals surface area contributed by atoms with Crippen molar-refractivity contribution in [2.75, 3.05) is 31.6 Å². The van der Waals surface area contributed by atoms with Gasteiger partial charge in [0.2, 0.25) is 5.91 Å². The van der Waals surface area contributed by atoms with Gasteiger partial charge in [-0.2, -0.15) is 0 Å². The van der Waals surface area contributed by atoms with Gasteiger partial charge in [-0.05, 0) is 48.4 Å². The van der Waals surface area contributed by atoms with E-state index in [1.165, 1.54) is 10.4 Å². The molecule has 0 aliphatic carbocycles. The van der Waals surface area contributed by atoms with Crippen molar-refractivity contribution < 1.29 is 9.53 Å². The maximum Gasteiger partial charge on any atom is 0.226 e. The van der Waals surface area contributed by atoms with E-state index in [0.29, 0.717) is 5.91 Å². The Hall–Kier alpha value is -2.08. The summed E-state index contributed by atoms with van der Waals surface area (Å²) in [5.41, 5.74) is 1.33. The van der Waals surface area contributed by atoms with Crippen molar-refractivity contribution >= 4 is 23.1 Å². The first-order valence-corrected chi connectivity index (χ1v) is 9.72. The smallest absolute Gasteiger partial charge is 0.226 e. The SMILES string of the molecule is COc1cccnc1N1CCC(C(=O)N2CCc3sccc3C2)CC1. The number of rotatable bonds is 3. The molecular formula is C19H23N3O2S. The number of fused-ring (bicyclic) bond motifs is 1. The van der Waals surface area contributed by atoms with E-state index >= 15 is 0 Å². The number of pyridine rings is 1. The van der Waals surface area contributed by atoms with Gasteiger partial charge in [0.15, 0.2) is 11.6 Å². The van der Waals surface area contributed by atoms with Crippen molar-refractivity contribution in [3.05, 3.63) is 40.2 Å². The van der Waals surface area contributed by atoms with Gasteiger partial charge in [-0.25, -0.2) is 4.98 Å². The third-order valence-corrected chi connectivity index (χ3v) is 6.26. The summed E-state index contributed by atoms with van der Waals surface area (Å²) < 4.78 is 5.42. The van der Waals surface area contributed by atoms with Gasteiger partial charge in [-0.15, -0.1) is 11.3 Å². The summed E-state index contributed by atoms with van der Waals surface area (Å²) >= 11 is 1.81. The lowest BCUT2D eigenvalue weighted by Crippen LogP contribution is -2.44. The first-order valence-electron chi connectivity index (χ1n) is 8.84. The standard InChI is InChI=1S/C19H23N3O2S/c1-24-16-3-2-8-20-18(16)21-9-4-14(5-10-21)19(23)22-11-6-17-15(13-22)7-12-25-17/h2-3,7-8,12,14H,4-6,9-11,13H2,1H3. The van der Waals surface area contributed by atoms with E-state index in [1.54, 1.807) is 13.3 Å². The lowest BCUT2D eigenvalue weighted by Gasteiger charge is -2.36. The summed E-state index contributed by atoms with van der Waals surface area (Å²) in [7, 11) is 1.67. The van der Waals surface area contributed by atoms with Crippen LogP contribution in [0.2, 0.25) is 0 Å². The molecule has 0 bridgehead atoms. The number of aromatic nitrogens is 1. The van der Waals surface area contributed by atoms with E-state index in [2.05, 4.69) is 26.2 Å². The fourth-order valence-electron chi connectivity index (χ4n) is 3.81. The highest BCUT2D eigenvalue weighted by molar-refractivity contribution is 7.10. The van der Waals surface area contributed by atoms with Gasteiger partial charge >= 0.3 is 0 Å². The summed E-state index contributed by atoms with van der Waals surface area (Å²) in [6.07, 6.45) is 4.56. The van der Waals surface area contributed by atoms with Gasteiger partial charge in [0, 0.05) is 43.2 Å². The van der Waals surface area contributed by atoms with E-state index in [-0.39, 0.29) is 5.92 Å². The molecule has 25 heavy (non-hydrogen) atoms. The monoisotopic (exact) mass is 357 g/mol. The Bertz CT molecular complexity index is 753. The summed E-state index contributed by atoms with van der Waals surface area (Å²) in [5.74, 6) is 2.14. The van der Waals surface area contributed by atoms with Gasteiger partial charge in [0.25, 0.3) is 0 Å². The molecular weight excluding hydrogens is 334 g/mol. The zero-order valence-electron chi connectivity index (χ0n) is 14.5. The van der Waals surface area contributed by atoms with Crippen LogP contribution in [0.5, 0.6) is 5.75 Å². The van der Waals surface area contributed by atoms with E-state index < -0.39 is 0 Å². The number of hydrogen-bond acceptors (Lipinski definition) is 5. The largest absolute Gasteiger partial charge is 0.493 e. The van der Waals surface area contributed by atoms with E-state index in [4.69, 9.17) is 4.74 Å². The highest BCUT2D eigenvalue weighted by Gasteiger charge is 2.31. The molecule has 2 aliphatic rings. The molecule has 2 aliphatic heterocycles. The molecule has 0 N–H and O–H groups in total. The maximum absolute atomic E-state index is 12.9. The number of piperidine rings is 1. The minimum atomic E-state index is 0.131. The molecule has 0 radical (unpaired) electrons. The van der Waals surface area contributed by atoms with Crippen LogP contribution in [-0.2, 0) is 17.8 Å². The quantitative estimate of drug-likeness (QED) is 0.847. The fraction of sp³-hybridized carbons (Fsp3) is 0.474. The molecule has 0 atom stereocenters. The molecule has 2 aromatic heterocycles. The number of carbonyl (C=O) groups is 1. The van der Waals surface area contributed by atoms with E-state index in [0.717, 1.165) is 57.0 Å². The molecule has 4 heterocycles. The number of carbonyl (C=O) groups excluding carboxylic acids is 1. The third kappa shape index (κ3) is 3.23. The fourth-order valence-corrected chi connectivity index (χ4v) is 4.70. The Morgan fingerprint density at radius 1 is 1.28 bits per heavy atom. The van der Waals surface area contributed by atoms with Crippen LogP contribution in [0, 0.1) is 5.92 Å². The number of nitrogens with zero attached hydrogens (tertiary/aromatic N) is 3. The minimum absolute atomic E-state index is 0.131. The van der Waals surface area contributed by atoms with Crippen molar-refractivity contribution in [2.45, 2.75) is 25.8 Å². The van der Waals surface area contributed by atoms with Crippen LogP contribution in [-0.4, -0.2) is 42.5 Å². The Morgan fingerprint density at radius 2 is 2.12 bits per heavy atom. The Morgan fingerprint density at radius 3 is 2.92 bits per heavy atom. The van der Waals surface area contributed by atoms with Gasteiger partial charge in [0.05, 0.1) is 7.11 Å². The van der Waals surface area contributed by atoms with Crippen molar-refractivity contribution in [2.24, 2.45) is 5.92 Å². The Kier molecular flexibility index (Phi) is 4.61. The molecule has 6 heteroatoms. The predicted octanol–water partition coefficient (Wildman–Crippen LogP) is 2.95. The van der Waals surface area contributed by atoms with Crippen LogP contribution in [0.3, 0.4) is 0 Å². The molecule has 1 saturated heterocycles. The second-order valence-electron chi connectivity index (χ2n) is 6.67. The zero-order chi connectivity index (χ0) is 17.2. The predicted molar refractivity (Wildman–Crippen MR) is 99.2 cm³/mol. The van der Waals surface area contributed by atoms with Crippen LogP contribution in [0.25, 0.3) is 0 Å². The lowest BCUT2D eigenvalue weighted by molar-refractivity contribution is -0.137. The molecule has 0 unspecified atom stereocenters. The summed E-state index contributed by atoms with van der Waals surface area (Å²) in [4.78, 5) is 23.1. The molecule has 2 aromatic rings. The van der Waals surface area contributed by atoms with Crippen molar-refractivity contribution in [3.63, 3.8) is 0 Å². The average molecular weight is 357 g/mol. The highest BCUT2D eigenvalue weighted by Crippen LogP contribution is 2.31. The molecule has 0 aromatic carbocycles. The second-order valence-corrected chi connectivity index (χ2v) is 7.67. The molecule has 1 fully saturated rings. The molecule has 5 nitrogen and oxygen atoms in total. The van der Waals surface area contributed by atoms with Gasteiger partial charge in [0.1, 0.15) is 0 Å². The second kappa shape index (κ2) is 7.04. The van der Waals surface area contributed by atoms with Gasteiger partial charge in [-0.1, -0.05) is 0 Å². The molecule has 0 spiro atoms. The van der Waals surface area contributed by atoms with Crippen molar-refractivity contribution in [1.82, 2.24) is 9.88 Å². The maximum atomic E-state index is 12.9. The van der Waals surface area contributed by atoms with Gasteiger partial charge in [-0.3, -0.25) is 4.79 Å². The molecule has 1 amide bonds. The first kappa shape index (κ1) is 16.4. The summed E-state index contributed by atoms with van der Waals surface area (Å²) in [6, 6.07) is 5.98. The average Bonchev–Trinajstić information content (AvgIpc) is 3.15. The lowest BCUT2D eigenvalue weighted by atomic mass is 9.94. The molecule has 0 saturated carbocycles. The molecule has 132 valence electrons. The summed E-state index contributed by atoms with van der Waals surface area (Å²) in [5, 5.41) is 2.14.